The smallest absolute Gasteiger partial charge is 0.314 e. The third kappa shape index (κ3) is 4.06. The van der Waals surface area contributed by atoms with Gasteiger partial charge >= 0.3 is 10.2 Å². The molecule has 0 saturated heterocycles. The first-order chi connectivity index (χ1) is 13.5. The molecule has 1 aliphatic carbocycles. The molecule has 1 fully saturated rings. The Kier molecular flexibility index (Phi) is 6.65. The molecule has 1 heterocycles. The number of hydrogen-bond acceptors (Lipinski definition) is 3. The molecule has 1 saturated carbocycles. The summed E-state index contributed by atoms with van der Waals surface area (Å²) in [6, 6.07) is 10.5. The van der Waals surface area contributed by atoms with E-state index in [0.29, 0.717) is 18.2 Å². The van der Waals surface area contributed by atoms with Crippen molar-refractivity contribution in [1.29, 1.82) is 0 Å². The first-order valence-corrected chi connectivity index (χ1v) is 11.0. The molecule has 0 amide bonds. The van der Waals surface area contributed by atoms with Crippen molar-refractivity contribution >= 4 is 39.7 Å². The van der Waals surface area contributed by atoms with Gasteiger partial charge in [0.25, 0.3) is 0 Å². The van der Waals surface area contributed by atoms with Gasteiger partial charge in [0.15, 0.2) is 11.6 Å². The van der Waals surface area contributed by atoms with Crippen LogP contribution in [0.3, 0.4) is 0 Å². The van der Waals surface area contributed by atoms with Gasteiger partial charge < -0.3 is 5.32 Å². The summed E-state index contributed by atoms with van der Waals surface area (Å²) in [6.45, 7) is 1.10. The molecule has 1 aliphatic heterocycles. The van der Waals surface area contributed by atoms with E-state index in [0.717, 1.165) is 29.4 Å². The molecule has 9 heteroatoms. The topological polar surface area (TPSA) is 52.7 Å². The number of nitrogens with zero attached hydrogens (tertiary/aromatic N) is 2. The summed E-state index contributed by atoms with van der Waals surface area (Å²) in [6.07, 6.45) is 5.16. The summed E-state index contributed by atoms with van der Waals surface area (Å²) in [5.74, 6) is -1.82. The second-order valence-electron chi connectivity index (χ2n) is 7.19. The Hall–Kier alpha value is -1.90. The molecule has 2 aromatic rings. The van der Waals surface area contributed by atoms with Crippen molar-refractivity contribution in [1.82, 2.24) is 5.32 Å². The third-order valence-electron chi connectivity index (χ3n) is 5.35. The van der Waals surface area contributed by atoms with Crippen LogP contribution in [0.5, 0.6) is 0 Å². The molecule has 0 radical (unpaired) electrons. The van der Waals surface area contributed by atoms with E-state index in [1.165, 1.54) is 29.6 Å². The Morgan fingerprint density at radius 1 is 0.966 bits per heavy atom. The van der Waals surface area contributed by atoms with Crippen molar-refractivity contribution in [3.05, 3.63) is 54.1 Å². The predicted molar refractivity (Wildman–Crippen MR) is 113 cm³/mol. The second kappa shape index (κ2) is 8.85. The van der Waals surface area contributed by atoms with E-state index < -0.39 is 27.5 Å². The zero-order valence-corrected chi connectivity index (χ0v) is 17.5. The van der Waals surface area contributed by atoms with E-state index in [2.05, 4.69) is 5.32 Å². The normalized spacial score (nSPS) is 17.6. The molecular weight excluding hydrogens is 420 g/mol. The van der Waals surface area contributed by atoms with Crippen molar-refractivity contribution in [2.45, 2.75) is 38.1 Å². The van der Waals surface area contributed by atoms with Gasteiger partial charge in [0.05, 0.1) is 11.4 Å². The number of benzene rings is 2. The SMILES string of the molecule is Cl.O=S1(=O)N(CCCCNC2CCC2)c2ccccc2N1c1c(F)cccc1F. The van der Waals surface area contributed by atoms with Gasteiger partial charge in [0.1, 0.15) is 5.69 Å². The molecule has 1 N–H and O–H groups in total. The minimum atomic E-state index is -4.12. The first-order valence-electron chi connectivity index (χ1n) is 9.59. The number of anilines is 3. The van der Waals surface area contributed by atoms with Crippen molar-refractivity contribution in [2.24, 2.45) is 0 Å². The van der Waals surface area contributed by atoms with Gasteiger partial charge in [-0.2, -0.15) is 8.42 Å². The molecule has 4 rings (SSSR count). The largest absolute Gasteiger partial charge is 0.331 e. The highest BCUT2D eigenvalue weighted by atomic mass is 35.5. The number of hydrogen-bond donors (Lipinski definition) is 1. The minimum Gasteiger partial charge on any atom is -0.314 e. The van der Waals surface area contributed by atoms with E-state index >= 15 is 0 Å². The maximum Gasteiger partial charge on any atom is 0.331 e. The molecule has 29 heavy (non-hydrogen) atoms. The first kappa shape index (κ1) is 21.8. The lowest BCUT2D eigenvalue weighted by Gasteiger charge is -2.26. The number of rotatable bonds is 7. The maximum absolute atomic E-state index is 14.4. The molecule has 0 spiro atoms. The van der Waals surface area contributed by atoms with Crippen LogP contribution in [0, 0.1) is 11.6 Å². The predicted octanol–water partition coefficient (Wildman–Crippen LogP) is 4.51. The highest BCUT2D eigenvalue weighted by Crippen LogP contribution is 2.46. The van der Waals surface area contributed by atoms with Crippen LogP contribution in [0.1, 0.15) is 32.1 Å². The third-order valence-corrected chi connectivity index (χ3v) is 7.12. The summed E-state index contributed by atoms with van der Waals surface area (Å²) in [5.41, 5.74) is 0.139. The summed E-state index contributed by atoms with van der Waals surface area (Å²) >= 11 is 0. The van der Waals surface area contributed by atoms with Gasteiger partial charge in [-0.25, -0.2) is 13.1 Å². The van der Waals surface area contributed by atoms with Gasteiger partial charge in [0, 0.05) is 12.6 Å². The Labute approximate surface area is 176 Å². The van der Waals surface area contributed by atoms with Crippen LogP contribution in [-0.2, 0) is 10.2 Å². The average molecular weight is 444 g/mol. The minimum absolute atomic E-state index is 0. The van der Waals surface area contributed by atoms with Crippen LogP contribution in [0.25, 0.3) is 0 Å². The molecule has 158 valence electrons. The summed E-state index contributed by atoms with van der Waals surface area (Å²) in [7, 11) is -4.12. The van der Waals surface area contributed by atoms with Crippen molar-refractivity contribution in [3.63, 3.8) is 0 Å². The van der Waals surface area contributed by atoms with E-state index in [1.54, 1.807) is 24.3 Å². The highest BCUT2D eigenvalue weighted by molar-refractivity contribution is 7.95. The molecule has 0 aromatic heterocycles. The van der Waals surface area contributed by atoms with E-state index in [4.69, 9.17) is 0 Å². The molecule has 2 aromatic carbocycles. The Morgan fingerprint density at radius 3 is 2.24 bits per heavy atom. The Bertz CT molecular complexity index is 950. The number of nitrogens with one attached hydrogen (secondary N) is 1. The van der Waals surface area contributed by atoms with E-state index in [9.17, 15) is 17.2 Å². The van der Waals surface area contributed by atoms with Crippen LogP contribution in [0.15, 0.2) is 42.5 Å². The fourth-order valence-electron chi connectivity index (χ4n) is 3.65. The average Bonchev–Trinajstić information content (AvgIpc) is 2.84. The molecule has 5 nitrogen and oxygen atoms in total. The highest BCUT2D eigenvalue weighted by Gasteiger charge is 2.43. The van der Waals surface area contributed by atoms with Crippen LogP contribution in [0.2, 0.25) is 0 Å². The fourth-order valence-corrected chi connectivity index (χ4v) is 5.42. The second-order valence-corrected chi connectivity index (χ2v) is 8.89. The van der Waals surface area contributed by atoms with Crippen LogP contribution < -0.4 is 13.9 Å². The quantitative estimate of drug-likeness (QED) is 0.640. The number of halogens is 3. The van der Waals surface area contributed by atoms with E-state index in [-0.39, 0.29) is 24.6 Å². The lowest BCUT2D eigenvalue weighted by molar-refractivity contribution is 0.338. The summed E-state index contributed by atoms with van der Waals surface area (Å²) < 4.78 is 57.1. The Balaban J connectivity index is 0.00000240. The van der Waals surface area contributed by atoms with Crippen molar-refractivity contribution in [3.8, 4) is 0 Å². The molecule has 0 atom stereocenters. The zero-order chi connectivity index (χ0) is 19.7. The molecule has 0 unspecified atom stereocenters. The lowest BCUT2D eigenvalue weighted by atomic mass is 9.93. The molecule has 2 aliphatic rings. The lowest BCUT2D eigenvalue weighted by Crippen LogP contribution is -2.38. The number of fused-ring (bicyclic) bond motifs is 1. The standard InChI is InChI=1S/C20H23F2N3O2S.ClH/c21-16-9-6-10-17(22)20(16)25-19-12-2-1-11-18(19)24(28(25,26)27)14-4-3-13-23-15-7-5-8-15;/h1-2,6,9-12,15,23H,3-5,7-8,13-14H2;1H. The summed E-state index contributed by atoms with van der Waals surface area (Å²) in [5, 5.41) is 3.46. The molecular formula is C20H24ClF2N3O2S. The van der Waals surface area contributed by atoms with Crippen LogP contribution in [-0.4, -0.2) is 27.5 Å². The van der Waals surface area contributed by atoms with Crippen LogP contribution in [0.4, 0.5) is 25.8 Å². The maximum atomic E-state index is 14.4. The summed E-state index contributed by atoms with van der Waals surface area (Å²) in [4.78, 5) is 0. The van der Waals surface area contributed by atoms with Gasteiger partial charge in [-0.05, 0) is 56.5 Å². The van der Waals surface area contributed by atoms with Crippen LogP contribution >= 0.6 is 12.4 Å². The number of para-hydroxylation sites is 3. The van der Waals surface area contributed by atoms with Gasteiger partial charge in [0.2, 0.25) is 0 Å². The fraction of sp³-hybridized carbons (Fsp3) is 0.400. The van der Waals surface area contributed by atoms with Gasteiger partial charge in [-0.3, -0.25) is 4.31 Å². The van der Waals surface area contributed by atoms with Crippen molar-refractivity contribution < 1.29 is 17.2 Å². The Morgan fingerprint density at radius 2 is 1.62 bits per heavy atom. The zero-order valence-electron chi connectivity index (χ0n) is 15.9. The monoisotopic (exact) mass is 443 g/mol. The molecule has 0 bridgehead atoms. The van der Waals surface area contributed by atoms with Gasteiger partial charge in [-0.15, -0.1) is 12.4 Å². The number of unbranched alkanes of at least 4 members (excludes halogenated alkanes) is 1. The van der Waals surface area contributed by atoms with Crippen molar-refractivity contribution in [2.75, 3.05) is 21.7 Å². The van der Waals surface area contributed by atoms with E-state index in [1.807, 2.05) is 0 Å². The van der Waals surface area contributed by atoms with Gasteiger partial charge in [-0.1, -0.05) is 24.6 Å².